The van der Waals surface area contributed by atoms with Gasteiger partial charge in [-0.05, 0) is 55.9 Å². The van der Waals surface area contributed by atoms with Crippen LogP contribution in [0, 0.1) is 0 Å². The van der Waals surface area contributed by atoms with E-state index in [1.165, 1.54) is 6.92 Å². The Morgan fingerprint density at radius 1 is 0.818 bits per heavy atom. The maximum atomic E-state index is 12.0. The summed E-state index contributed by atoms with van der Waals surface area (Å²) in [7, 11) is 0. The van der Waals surface area contributed by atoms with Crippen molar-refractivity contribution in [3.8, 4) is 0 Å². The lowest BCUT2D eigenvalue weighted by molar-refractivity contribution is -0.140. The zero-order valence-corrected chi connectivity index (χ0v) is 19.6. The first-order chi connectivity index (χ1) is 15.5. The molecule has 0 fully saturated rings. The predicted molar refractivity (Wildman–Crippen MR) is 129 cm³/mol. The molecule has 6 nitrogen and oxygen atoms in total. The minimum absolute atomic E-state index is 0.110. The van der Waals surface area contributed by atoms with Crippen molar-refractivity contribution in [1.29, 1.82) is 0 Å². The van der Waals surface area contributed by atoms with Crippen LogP contribution >= 0.6 is 0 Å². The summed E-state index contributed by atoms with van der Waals surface area (Å²) in [6, 6.07) is 16.0. The Hall–Kier alpha value is -3.22. The molecule has 0 amide bonds. The Bertz CT molecular complexity index is 880. The number of carboxylic acid groups (broad SMARTS) is 1. The number of aliphatic hydroxyl groups is 2. The zero-order chi connectivity index (χ0) is 25.0. The Labute approximate surface area is 195 Å². The van der Waals surface area contributed by atoms with Crippen LogP contribution in [0.3, 0.4) is 0 Å². The van der Waals surface area contributed by atoms with Gasteiger partial charge in [0.15, 0.2) is 0 Å². The monoisotopic (exact) mass is 454 g/mol. The highest BCUT2D eigenvalue weighted by Gasteiger charge is 2.31. The normalized spacial score (nSPS) is 10.6. The third kappa shape index (κ3) is 8.67. The molecule has 0 radical (unpaired) electrons. The first-order valence-corrected chi connectivity index (χ1v) is 10.7. The van der Waals surface area contributed by atoms with Crippen LogP contribution in [0.4, 0.5) is 0 Å². The molecule has 33 heavy (non-hydrogen) atoms. The van der Waals surface area contributed by atoms with Gasteiger partial charge in [0.1, 0.15) is 6.61 Å². The molecule has 0 saturated carbocycles. The van der Waals surface area contributed by atoms with Crippen LogP contribution in [-0.2, 0) is 32.6 Å². The van der Waals surface area contributed by atoms with Gasteiger partial charge in [-0.25, -0.2) is 9.59 Å². The summed E-state index contributed by atoms with van der Waals surface area (Å²) >= 11 is 0. The molecule has 0 aliphatic carbocycles. The Morgan fingerprint density at radius 2 is 1.18 bits per heavy atom. The minimum Gasteiger partial charge on any atom is -0.478 e. The predicted octanol–water partition coefficient (Wildman–Crippen LogP) is 3.83. The van der Waals surface area contributed by atoms with Crippen LogP contribution < -0.4 is 0 Å². The van der Waals surface area contributed by atoms with Gasteiger partial charge in [0.25, 0.3) is 0 Å². The molecule has 0 aliphatic rings. The van der Waals surface area contributed by atoms with E-state index in [0.29, 0.717) is 18.4 Å². The molecule has 0 saturated heterocycles. The number of aliphatic carboxylic acids is 1. The third-order valence-electron chi connectivity index (χ3n) is 5.19. The van der Waals surface area contributed by atoms with E-state index in [-0.39, 0.29) is 25.4 Å². The van der Waals surface area contributed by atoms with E-state index < -0.39 is 17.4 Å². The van der Waals surface area contributed by atoms with Crippen molar-refractivity contribution in [2.45, 2.75) is 39.0 Å². The lowest BCUT2D eigenvalue weighted by atomic mass is 9.76. The van der Waals surface area contributed by atoms with Gasteiger partial charge >= 0.3 is 11.9 Å². The summed E-state index contributed by atoms with van der Waals surface area (Å²) in [6.45, 7) is 12.3. The first kappa shape index (κ1) is 27.8. The van der Waals surface area contributed by atoms with Gasteiger partial charge in [0, 0.05) is 24.4 Å². The highest BCUT2D eigenvalue weighted by Crippen LogP contribution is 2.33. The van der Waals surface area contributed by atoms with Crippen molar-refractivity contribution >= 4 is 11.9 Å². The molecule has 0 aliphatic heterocycles. The fourth-order valence-electron chi connectivity index (χ4n) is 3.00. The van der Waals surface area contributed by atoms with E-state index in [1.54, 1.807) is 6.92 Å². The maximum absolute atomic E-state index is 12.0. The molecule has 2 rings (SSSR count). The van der Waals surface area contributed by atoms with Crippen molar-refractivity contribution in [3.05, 3.63) is 95.1 Å². The molecule has 6 heteroatoms. The topological polar surface area (TPSA) is 104 Å². The molecule has 2 aromatic rings. The van der Waals surface area contributed by atoms with Gasteiger partial charge in [-0.15, -0.1) is 0 Å². The summed E-state index contributed by atoms with van der Waals surface area (Å²) in [5, 5.41) is 26.1. The smallest absolute Gasteiger partial charge is 0.333 e. The molecule has 0 unspecified atom stereocenters. The van der Waals surface area contributed by atoms with Crippen molar-refractivity contribution in [1.82, 2.24) is 0 Å². The number of aliphatic hydroxyl groups excluding tert-OH is 2. The summed E-state index contributed by atoms with van der Waals surface area (Å²) in [4.78, 5) is 21.6. The van der Waals surface area contributed by atoms with E-state index in [4.69, 9.17) is 20.1 Å². The molecular weight excluding hydrogens is 420 g/mol. The first-order valence-electron chi connectivity index (χ1n) is 10.7. The van der Waals surface area contributed by atoms with E-state index in [1.807, 2.05) is 55.5 Å². The molecule has 0 spiro atoms. The lowest BCUT2D eigenvalue weighted by Crippen LogP contribution is -2.31. The van der Waals surface area contributed by atoms with E-state index in [9.17, 15) is 9.59 Å². The molecule has 0 bridgehead atoms. The maximum Gasteiger partial charge on any atom is 0.333 e. The number of carbonyl (C=O) groups is 2. The third-order valence-corrected chi connectivity index (χ3v) is 5.19. The number of hydrogen-bond donors (Lipinski definition) is 3. The quantitative estimate of drug-likeness (QED) is 0.372. The molecule has 2 aromatic carbocycles. The van der Waals surface area contributed by atoms with Gasteiger partial charge in [-0.3, -0.25) is 0 Å². The number of rotatable bonds is 10. The largest absolute Gasteiger partial charge is 0.478 e. The van der Waals surface area contributed by atoms with Crippen LogP contribution in [0.1, 0.15) is 43.0 Å². The van der Waals surface area contributed by atoms with E-state index in [0.717, 1.165) is 22.3 Å². The molecule has 3 N–H and O–H groups in total. The van der Waals surface area contributed by atoms with Crippen LogP contribution in [0.25, 0.3) is 0 Å². The fourth-order valence-corrected chi connectivity index (χ4v) is 3.00. The highest BCUT2D eigenvalue weighted by atomic mass is 16.5. The van der Waals surface area contributed by atoms with Gasteiger partial charge in [0.05, 0.1) is 5.41 Å². The SMILES string of the molecule is C=C(C)C(=O)O.C=C(C)C(=O)OCC(C)(c1ccc(CCO)cc1)c1ccc(CCO)cc1. The van der Waals surface area contributed by atoms with Crippen molar-refractivity contribution in [3.63, 3.8) is 0 Å². The summed E-state index contributed by atoms with van der Waals surface area (Å²) in [6.07, 6.45) is 1.22. The van der Waals surface area contributed by atoms with Crippen molar-refractivity contribution in [2.24, 2.45) is 0 Å². The van der Waals surface area contributed by atoms with Crippen molar-refractivity contribution in [2.75, 3.05) is 19.8 Å². The molecule has 0 aromatic heterocycles. The van der Waals surface area contributed by atoms with Crippen molar-refractivity contribution < 1.29 is 29.6 Å². The lowest BCUT2D eigenvalue weighted by Gasteiger charge is -2.31. The zero-order valence-electron chi connectivity index (χ0n) is 19.6. The molecule has 0 heterocycles. The van der Waals surface area contributed by atoms with E-state index in [2.05, 4.69) is 13.2 Å². The van der Waals surface area contributed by atoms with Crippen LogP contribution in [0.2, 0.25) is 0 Å². The Balaban J connectivity index is 0.000000801. The van der Waals surface area contributed by atoms with Crippen LogP contribution in [-0.4, -0.2) is 47.1 Å². The number of benzene rings is 2. The molecule has 178 valence electrons. The second-order valence-corrected chi connectivity index (χ2v) is 8.12. The standard InChI is InChI=1S/C23H28O4.C4H6O2/c1-17(2)22(26)27-16-23(3,20-8-4-18(5-9-20)12-14-24)21-10-6-19(7-11-21)13-15-25;1-3(2)4(5)6/h4-11,24-25H,1,12-16H2,2-3H3;1H2,2H3,(H,5,6). The Kier molecular flexibility index (Phi) is 11.3. The Morgan fingerprint density at radius 3 is 1.45 bits per heavy atom. The second-order valence-electron chi connectivity index (χ2n) is 8.12. The summed E-state index contributed by atoms with van der Waals surface area (Å²) < 4.78 is 5.51. The van der Waals surface area contributed by atoms with Gasteiger partial charge in [0.2, 0.25) is 0 Å². The molecular formula is C27H34O6. The average Bonchev–Trinajstić information content (AvgIpc) is 2.79. The number of carbonyl (C=O) groups excluding carboxylic acids is 1. The van der Waals surface area contributed by atoms with Gasteiger partial charge in [-0.2, -0.15) is 0 Å². The number of carboxylic acids is 1. The number of hydrogen-bond acceptors (Lipinski definition) is 5. The highest BCUT2D eigenvalue weighted by molar-refractivity contribution is 5.87. The second kappa shape index (κ2) is 13.4. The number of esters is 1. The van der Waals surface area contributed by atoms with Gasteiger partial charge < -0.3 is 20.1 Å². The van der Waals surface area contributed by atoms with E-state index >= 15 is 0 Å². The number of ether oxygens (including phenoxy) is 1. The van der Waals surface area contributed by atoms with Gasteiger partial charge in [-0.1, -0.05) is 61.7 Å². The fraction of sp³-hybridized carbons (Fsp3) is 0.333. The summed E-state index contributed by atoms with van der Waals surface area (Å²) in [5.74, 6) is -1.34. The van der Waals surface area contributed by atoms with Crippen LogP contribution in [0.15, 0.2) is 72.8 Å². The minimum atomic E-state index is -0.935. The van der Waals surface area contributed by atoms with Crippen LogP contribution in [0.5, 0.6) is 0 Å². The molecule has 0 atom stereocenters. The summed E-state index contributed by atoms with van der Waals surface area (Å²) in [5.41, 5.74) is 4.17. The average molecular weight is 455 g/mol.